The molecular weight excluding hydrogens is 400 g/mol. The van der Waals surface area contributed by atoms with Crippen molar-refractivity contribution in [2.24, 2.45) is 5.92 Å². The Morgan fingerprint density at radius 2 is 1.96 bits per heavy atom. The largest absolute Gasteiger partial charge is 0.493 e. The summed E-state index contributed by atoms with van der Waals surface area (Å²) >= 11 is 8.96. The van der Waals surface area contributed by atoms with Crippen LogP contribution < -0.4 is 4.74 Å². The summed E-state index contributed by atoms with van der Waals surface area (Å²) in [5.41, 5.74) is 0.526. The van der Waals surface area contributed by atoms with E-state index in [1.165, 1.54) is 22.7 Å². The van der Waals surface area contributed by atoms with Crippen molar-refractivity contribution in [1.29, 1.82) is 0 Å². The van der Waals surface area contributed by atoms with Gasteiger partial charge in [0.2, 0.25) is 0 Å². The normalized spacial score (nSPS) is 15.1. The van der Waals surface area contributed by atoms with E-state index in [1.807, 2.05) is 52.7 Å². The molecule has 0 aliphatic carbocycles. The molecule has 4 rings (SSSR count). The summed E-state index contributed by atoms with van der Waals surface area (Å²) in [6, 6.07) is 13.7. The van der Waals surface area contributed by atoms with Gasteiger partial charge >= 0.3 is 0 Å². The number of para-hydroxylation sites is 1. The van der Waals surface area contributed by atoms with Gasteiger partial charge in [0.05, 0.1) is 15.8 Å². The van der Waals surface area contributed by atoms with Gasteiger partial charge in [0.15, 0.2) is 0 Å². The highest BCUT2D eigenvalue weighted by Crippen LogP contribution is 2.33. The molecule has 1 aromatic carbocycles. The molecule has 1 aliphatic heterocycles. The lowest BCUT2D eigenvalue weighted by Gasteiger charge is -2.31. The number of rotatable bonds is 5. The van der Waals surface area contributed by atoms with E-state index < -0.39 is 0 Å². The fourth-order valence-electron chi connectivity index (χ4n) is 3.11. The minimum absolute atomic E-state index is 0.0163. The van der Waals surface area contributed by atoms with Crippen LogP contribution in [0.15, 0.2) is 47.8 Å². The van der Waals surface area contributed by atoms with Crippen molar-refractivity contribution < 1.29 is 9.53 Å². The van der Waals surface area contributed by atoms with Crippen LogP contribution in [0, 0.1) is 5.92 Å². The summed E-state index contributed by atoms with van der Waals surface area (Å²) in [6.07, 6.45) is 1.91. The molecule has 0 bridgehead atoms. The molecular formula is C20H19ClN2O2S2. The number of likely N-dealkylation sites (tertiary alicyclic amines) is 1. The monoisotopic (exact) mass is 418 g/mol. The molecule has 1 fully saturated rings. The van der Waals surface area contributed by atoms with E-state index in [0.717, 1.165) is 45.9 Å². The number of carbonyl (C=O) groups is 1. The van der Waals surface area contributed by atoms with Gasteiger partial charge in [-0.15, -0.1) is 22.7 Å². The molecule has 3 heterocycles. The smallest absolute Gasteiger partial charge is 0.273 e. The average molecular weight is 419 g/mol. The summed E-state index contributed by atoms with van der Waals surface area (Å²) in [7, 11) is 0. The Labute approximate surface area is 171 Å². The molecule has 1 saturated heterocycles. The Balaban J connectivity index is 1.30. The zero-order valence-electron chi connectivity index (χ0n) is 14.6. The predicted octanol–water partition coefficient (Wildman–Crippen LogP) is 5.46. The molecule has 140 valence electrons. The summed E-state index contributed by atoms with van der Waals surface area (Å²) in [6.45, 7) is 2.20. The second-order valence-electron chi connectivity index (χ2n) is 6.50. The van der Waals surface area contributed by atoms with Gasteiger partial charge < -0.3 is 9.64 Å². The van der Waals surface area contributed by atoms with Crippen molar-refractivity contribution in [2.75, 3.05) is 19.7 Å². The van der Waals surface area contributed by atoms with Gasteiger partial charge in [-0.05, 0) is 43.0 Å². The fourth-order valence-corrected chi connectivity index (χ4v) is 5.02. The lowest BCUT2D eigenvalue weighted by atomic mass is 9.97. The van der Waals surface area contributed by atoms with Crippen molar-refractivity contribution in [3.63, 3.8) is 0 Å². The quantitative estimate of drug-likeness (QED) is 0.552. The van der Waals surface area contributed by atoms with Crippen molar-refractivity contribution in [3.8, 4) is 15.6 Å². The maximum absolute atomic E-state index is 12.8. The van der Waals surface area contributed by atoms with E-state index >= 15 is 0 Å². The van der Waals surface area contributed by atoms with Crippen LogP contribution in [-0.2, 0) is 0 Å². The number of ether oxygens (including phenoxy) is 1. The molecule has 27 heavy (non-hydrogen) atoms. The number of thiazole rings is 1. The van der Waals surface area contributed by atoms with Crippen LogP contribution in [0.2, 0.25) is 4.34 Å². The molecule has 0 saturated carbocycles. The third-order valence-electron chi connectivity index (χ3n) is 4.64. The molecule has 0 N–H and O–H groups in total. The summed E-state index contributed by atoms with van der Waals surface area (Å²) < 4.78 is 6.59. The average Bonchev–Trinajstić information content (AvgIpc) is 3.36. The molecule has 2 aromatic heterocycles. The van der Waals surface area contributed by atoms with Crippen LogP contribution in [0.3, 0.4) is 0 Å². The molecule has 0 spiro atoms. The number of amides is 1. The SMILES string of the molecule is O=C(c1csc(-c2ccc(Cl)s2)n1)N1CCC(COc2ccccc2)CC1. The van der Waals surface area contributed by atoms with E-state index in [2.05, 4.69) is 4.98 Å². The molecule has 0 unspecified atom stereocenters. The van der Waals surface area contributed by atoms with E-state index in [0.29, 0.717) is 18.2 Å². The van der Waals surface area contributed by atoms with Crippen LogP contribution in [0.4, 0.5) is 0 Å². The number of piperidine rings is 1. The highest BCUT2D eigenvalue weighted by molar-refractivity contribution is 7.23. The molecule has 0 atom stereocenters. The van der Waals surface area contributed by atoms with Crippen LogP contribution in [-0.4, -0.2) is 35.5 Å². The van der Waals surface area contributed by atoms with Crippen molar-refractivity contribution in [1.82, 2.24) is 9.88 Å². The van der Waals surface area contributed by atoms with Crippen LogP contribution in [0.25, 0.3) is 9.88 Å². The third-order valence-corrected chi connectivity index (χ3v) is 6.88. The predicted molar refractivity (Wildman–Crippen MR) is 111 cm³/mol. The van der Waals surface area contributed by atoms with Gasteiger partial charge in [-0.2, -0.15) is 0 Å². The first-order chi connectivity index (χ1) is 13.2. The Kier molecular flexibility index (Phi) is 5.76. The van der Waals surface area contributed by atoms with Gasteiger partial charge in [0.25, 0.3) is 5.91 Å². The van der Waals surface area contributed by atoms with E-state index in [-0.39, 0.29) is 5.91 Å². The number of thiophene rings is 1. The number of hydrogen-bond donors (Lipinski definition) is 0. The Bertz CT molecular complexity index is 902. The highest BCUT2D eigenvalue weighted by atomic mass is 35.5. The summed E-state index contributed by atoms with van der Waals surface area (Å²) in [5, 5.41) is 2.69. The van der Waals surface area contributed by atoms with Crippen molar-refractivity contribution in [2.45, 2.75) is 12.8 Å². The van der Waals surface area contributed by atoms with Gasteiger partial charge in [0.1, 0.15) is 16.5 Å². The number of nitrogens with zero attached hydrogens (tertiary/aromatic N) is 2. The second kappa shape index (κ2) is 8.42. The number of halogens is 1. The minimum atomic E-state index is 0.0163. The maximum atomic E-state index is 12.8. The molecule has 3 aromatic rings. The molecule has 7 heteroatoms. The number of benzene rings is 1. The first kappa shape index (κ1) is 18.5. The van der Waals surface area contributed by atoms with Gasteiger partial charge in [-0.3, -0.25) is 4.79 Å². The Morgan fingerprint density at radius 1 is 1.19 bits per heavy atom. The van der Waals surface area contributed by atoms with E-state index in [4.69, 9.17) is 16.3 Å². The van der Waals surface area contributed by atoms with E-state index in [9.17, 15) is 4.79 Å². The highest BCUT2D eigenvalue weighted by Gasteiger charge is 2.25. The molecule has 0 radical (unpaired) electrons. The lowest BCUT2D eigenvalue weighted by molar-refractivity contribution is 0.0656. The maximum Gasteiger partial charge on any atom is 0.273 e. The number of aromatic nitrogens is 1. The number of hydrogen-bond acceptors (Lipinski definition) is 5. The Morgan fingerprint density at radius 3 is 2.67 bits per heavy atom. The fraction of sp³-hybridized carbons (Fsp3) is 0.300. The molecule has 1 aliphatic rings. The zero-order valence-corrected chi connectivity index (χ0v) is 17.0. The van der Waals surface area contributed by atoms with Gasteiger partial charge in [0, 0.05) is 18.5 Å². The van der Waals surface area contributed by atoms with Crippen molar-refractivity contribution in [3.05, 3.63) is 57.9 Å². The van der Waals surface area contributed by atoms with Gasteiger partial charge in [-0.25, -0.2) is 4.98 Å². The summed E-state index contributed by atoms with van der Waals surface area (Å²) in [4.78, 5) is 20.2. The first-order valence-corrected chi connectivity index (χ1v) is 10.9. The standard InChI is InChI=1S/C20H19ClN2O2S2/c21-18-7-6-17(27-18)19-22-16(13-26-19)20(24)23-10-8-14(9-11-23)12-25-15-4-2-1-3-5-15/h1-7,13-14H,8-12H2. The molecule has 4 nitrogen and oxygen atoms in total. The minimum Gasteiger partial charge on any atom is -0.493 e. The summed E-state index contributed by atoms with van der Waals surface area (Å²) in [5.74, 6) is 1.40. The van der Waals surface area contributed by atoms with Crippen molar-refractivity contribution >= 4 is 40.2 Å². The van der Waals surface area contributed by atoms with Crippen LogP contribution in [0.5, 0.6) is 5.75 Å². The van der Waals surface area contributed by atoms with Gasteiger partial charge in [-0.1, -0.05) is 29.8 Å². The first-order valence-electron chi connectivity index (χ1n) is 8.87. The lowest BCUT2D eigenvalue weighted by Crippen LogP contribution is -2.39. The van der Waals surface area contributed by atoms with E-state index in [1.54, 1.807) is 0 Å². The zero-order chi connectivity index (χ0) is 18.6. The topological polar surface area (TPSA) is 42.4 Å². The Hall–Kier alpha value is -1.89. The number of carbonyl (C=O) groups excluding carboxylic acids is 1. The third kappa shape index (κ3) is 4.51. The van der Waals surface area contributed by atoms with Crippen LogP contribution >= 0.6 is 34.3 Å². The molecule has 1 amide bonds. The second-order valence-corrected chi connectivity index (χ2v) is 9.07. The van der Waals surface area contributed by atoms with Crippen LogP contribution in [0.1, 0.15) is 23.3 Å².